The van der Waals surface area contributed by atoms with Crippen molar-refractivity contribution in [2.45, 2.75) is 13.0 Å². The summed E-state index contributed by atoms with van der Waals surface area (Å²) in [5.41, 5.74) is 0.929. The van der Waals surface area contributed by atoms with Crippen LogP contribution in [0.1, 0.15) is 15.9 Å². The maximum absolute atomic E-state index is 14.1. The number of ether oxygens (including phenoxy) is 2. The zero-order valence-corrected chi connectivity index (χ0v) is 18.0. The summed E-state index contributed by atoms with van der Waals surface area (Å²) in [6.07, 6.45) is -0.0291. The van der Waals surface area contributed by atoms with E-state index in [1.165, 1.54) is 55.6 Å². The van der Waals surface area contributed by atoms with Crippen LogP contribution in [0.4, 0.5) is 24.5 Å². The molecule has 2 amide bonds. The number of hydrogen-bond donors (Lipinski definition) is 2. The molecule has 0 heterocycles. The molecule has 0 aliphatic rings. The maximum Gasteiger partial charge on any atom is 0.387 e. The quantitative estimate of drug-likeness (QED) is 0.447. The minimum Gasteiger partial charge on any atom is -0.495 e. The van der Waals surface area contributed by atoms with Crippen LogP contribution in [-0.4, -0.2) is 25.5 Å². The second-order valence-electron chi connectivity index (χ2n) is 6.74. The van der Waals surface area contributed by atoms with Crippen LogP contribution < -0.4 is 20.1 Å². The van der Waals surface area contributed by atoms with Gasteiger partial charge in [-0.3, -0.25) is 9.59 Å². The van der Waals surface area contributed by atoms with Crippen LogP contribution in [-0.2, 0) is 11.2 Å². The molecule has 0 atom stereocenters. The molecule has 0 radical (unpaired) electrons. The van der Waals surface area contributed by atoms with Gasteiger partial charge in [0, 0.05) is 10.7 Å². The molecule has 172 valence electrons. The highest BCUT2D eigenvalue weighted by molar-refractivity contribution is 6.30. The summed E-state index contributed by atoms with van der Waals surface area (Å²) in [5.74, 6) is -1.61. The number of methoxy groups -OCH3 is 1. The summed E-state index contributed by atoms with van der Waals surface area (Å²) >= 11 is 5.72. The van der Waals surface area contributed by atoms with Gasteiger partial charge in [0.2, 0.25) is 5.91 Å². The van der Waals surface area contributed by atoms with E-state index >= 15 is 0 Å². The Kier molecular flexibility index (Phi) is 7.78. The normalized spacial score (nSPS) is 10.6. The van der Waals surface area contributed by atoms with E-state index in [1.54, 1.807) is 6.07 Å². The Labute approximate surface area is 192 Å². The Morgan fingerprint density at radius 2 is 1.73 bits per heavy atom. The van der Waals surface area contributed by atoms with E-state index in [0.29, 0.717) is 17.0 Å². The van der Waals surface area contributed by atoms with Gasteiger partial charge in [0.1, 0.15) is 17.3 Å². The van der Waals surface area contributed by atoms with Crippen LogP contribution >= 0.6 is 11.6 Å². The van der Waals surface area contributed by atoms with Crippen LogP contribution in [0.3, 0.4) is 0 Å². The number of benzene rings is 3. The lowest BCUT2D eigenvalue weighted by Gasteiger charge is -2.13. The van der Waals surface area contributed by atoms with Crippen molar-refractivity contribution >= 4 is 34.8 Å². The lowest BCUT2D eigenvalue weighted by molar-refractivity contribution is -0.115. The van der Waals surface area contributed by atoms with Crippen molar-refractivity contribution in [1.29, 1.82) is 0 Å². The highest BCUT2D eigenvalue weighted by Crippen LogP contribution is 2.29. The van der Waals surface area contributed by atoms with Crippen LogP contribution in [0.15, 0.2) is 60.7 Å². The molecule has 3 aromatic carbocycles. The molecule has 0 bridgehead atoms. The highest BCUT2D eigenvalue weighted by Gasteiger charge is 2.16. The summed E-state index contributed by atoms with van der Waals surface area (Å²) in [6, 6.07) is 13.9. The predicted molar refractivity (Wildman–Crippen MR) is 118 cm³/mol. The number of amides is 2. The first-order valence-corrected chi connectivity index (χ1v) is 9.91. The molecule has 33 heavy (non-hydrogen) atoms. The molecule has 10 heteroatoms. The number of halogens is 4. The molecule has 0 spiro atoms. The van der Waals surface area contributed by atoms with Crippen molar-refractivity contribution in [2.75, 3.05) is 17.7 Å². The van der Waals surface area contributed by atoms with Crippen LogP contribution in [0, 0.1) is 5.82 Å². The standard InChI is InChI=1S/C23H18ClF3N2O4/c1-32-20-9-5-15(12-19(20)29-22(31)17-8-4-14(24)11-18(17)25)28-21(30)10-13-2-6-16(7-3-13)33-23(26)27/h2-9,11-12,23H,10H2,1H3,(H,28,30)(H,29,31). The average Bonchev–Trinajstić information content (AvgIpc) is 2.75. The Hall–Kier alpha value is -3.72. The largest absolute Gasteiger partial charge is 0.495 e. The highest BCUT2D eigenvalue weighted by atomic mass is 35.5. The summed E-state index contributed by atoms with van der Waals surface area (Å²) in [6.45, 7) is -2.93. The zero-order chi connectivity index (χ0) is 24.0. The molecular formula is C23H18ClF3N2O4. The molecule has 0 aliphatic carbocycles. The topological polar surface area (TPSA) is 76.7 Å². The smallest absolute Gasteiger partial charge is 0.387 e. The van der Waals surface area contributed by atoms with Gasteiger partial charge in [0.15, 0.2) is 0 Å². The number of hydrogen-bond acceptors (Lipinski definition) is 4. The van der Waals surface area contributed by atoms with Crippen molar-refractivity contribution in [3.8, 4) is 11.5 Å². The van der Waals surface area contributed by atoms with Gasteiger partial charge < -0.3 is 20.1 Å². The molecule has 3 rings (SSSR count). The molecule has 0 unspecified atom stereocenters. The van der Waals surface area contributed by atoms with Gasteiger partial charge in [-0.1, -0.05) is 23.7 Å². The Morgan fingerprint density at radius 1 is 1.00 bits per heavy atom. The summed E-state index contributed by atoms with van der Waals surface area (Å²) in [4.78, 5) is 24.9. The second-order valence-corrected chi connectivity index (χ2v) is 7.18. The third kappa shape index (κ3) is 6.63. The minimum absolute atomic E-state index is 0.0122. The number of carbonyl (C=O) groups excluding carboxylic acids is 2. The lowest BCUT2D eigenvalue weighted by atomic mass is 10.1. The first-order chi connectivity index (χ1) is 15.7. The van der Waals surface area contributed by atoms with E-state index in [-0.39, 0.29) is 34.4 Å². The van der Waals surface area contributed by atoms with Crippen LogP contribution in [0.2, 0.25) is 5.02 Å². The van der Waals surface area contributed by atoms with Crippen molar-refractivity contribution < 1.29 is 32.2 Å². The molecule has 6 nitrogen and oxygen atoms in total. The van der Waals surface area contributed by atoms with Crippen molar-refractivity contribution in [3.63, 3.8) is 0 Å². The predicted octanol–water partition coefficient (Wildman–Crippen LogP) is 5.52. The van der Waals surface area contributed by atoms with Gasteiger partial charge in [-0.25, -0.2) is 4.39 Å². The Bertz CT molecular complexity index is 1160. The van der Waals surface area contributed by atoms with Crippen molar-refractivity contribution in [2.24, 2.45) is 0 Å². The minimum atomic E-state index is -2.93. The Morgan fingerprint density at radius 3 is 2.36 bits per heavy atom. The monoisotopic (exact) mass is 478 g/mol. The van der Waals surface area contributed by atoms with Gasteiger partial charge in [0.05, 0.1) is 24.8 Å². The molecule has 0 aromatic heterocycles. The molecule has 0 aliphatic heterocycles. The molecular weight excluding hydrogens is 461 g/mol. The first-order valence-electron chi connectivity index (χ1n) is 9.53. The molecule has 3 aromatic rings. The van der Waals surface area contributed by atoms with Gasteiger partial charge >= 0.3 is 6.61 Å². The van der Waals surface area contributed by atoms with Crippen LogP contribution in [0.25, 0.3) is 0 Å². The van der Waals surface area contributed by atoms with Gasteiger partial charge in [-0.15, -0.1) is 0 Å². The third-order valence-corrected chi connectivity index (χ3v) is 4.66. The number of anilines is 2. The summed E-state index contributed by atoms with van der Waals surface area (Å²) in [5, 5.41) is 5.38. The third-order valence-electron chi connectivity index (χ3n) is 4.42. The summed E-state index contributed by atoms with van der Waals surface area (Å²) < 4.78 is 48.0. The average molecular weight is 479 g/mol. The van der Waals surface area contributed by atoms with E-state index in [9.17, 15) is 22.8 Å². The number of nitrogens with one attached hydrogen (secondary N) is 2. The Balaban J connectivity index is 1.69. The van der Waals surface area contributed by atoms with E-state index < -0.39 is 18.3 Å². The van der Waals surface area contributed by atoms with E-state index in [4.69, 9.17) is 16.3 Å². The number of alkyl halides is 2. The first kappa shape index (κ1) is 23.9. The van der Waals surface area contributed by atoms with Gasteiger partial charge in [-0.2, -0.15) is 8.78 Å². The molecule has 0 saturated heterocycles. The molecule has 0 fully saturated rings. The number of rotatable bonds is 8. The van der Waals surface area contributed by atoms with Gasteiger partial charge in [-0.05, 0) is 54.1 Å². The fourth-order valence-corrected chi connectivity index (χ4v) is 3.08. The van der Waals surface area contributed by atoms with Crippen LogP contribution in [0.5, 0.6) is 11.5 Å². The fraction of sp³-hybridized carbons (Fsp3) is 0.130. The SMILES string of the molecule is COc1ccc(NC(=O)Cc2ccc(OC(F)F)cc2)cc1NC(=O)c1ccc(Cl)cc1F. The van der Waals surface area contributed by atoms with Crippen molar-refractivity contribution in [1.82, 2.24) is 0 Å². The van der Waals surface area contributed by atoms with E-state index in [0.717, 1.165) is 6.07 Å². The lowest BCUT2D eigenvalue weighted by Crippen LogP contribution is -2.16. The maximum atomic E-state index is 14.1. The zero-order valence-electron chi connectivity index (χ0n) is 17.2. The van der Waals surface area contributed by atoms with E-state index in [1.807, 2.05) is 0 Å². The number of carbonyl (C=O) groups is 2. The summed E-state index contributed by atoms with van der Waals surface area (Å²) in [7, 11) is 1.40. The van der Waals surface area contributed by atoms with Crippen molar-refractivity contribution in [3.05, 3.63) is 82.6 Å². The second kappa shape index (κ2) is 10.7. The molecule has 0 saturated carbocycles. The molecule has 2 N–H and O–H groups in total. The fourth-order valence-electron chi connectivity index (χ4n) is 2.93. The van der Waals surface area contributed by atoms with Gasteiger partial charge in [0.25, 0.3) is 5.91 Å². The van der Waals surface area contributed by atoms with E-state index in [2.05, 4.69) is 15.4 Å².